The lowest BCUT2D eigenvalue weighted by atomic mass is 10.0. The van der Waals surface area contributed by atoms with E-state index in [1.165, 1.54) is 0 Å². The molecule has 0 spiro atoms. The van der Waals surface area contributed by atoms with Gasteiger partial charge < -0.3 is 15.5 Å². The van der Waals surface area contributed by atoms with E-state index in [1.54, 1.807) is 11.8 Å². The molecule has 1 aromatic heterocycles. The number of aromatic nitrogens is 2. The van der Waals surface area contributed by atoms with Crippen LogP contribution >= 0.6 is 11.8 Å². The predicted molar refractivity (Wildman–Crippen MR) is 108 cm³/mol. The highest BCUT2D eigenvalue weighted by Crippen LogP contribution is 2.32. The molecule has 2 aromatic rings. The van der Waals surface area contributed by atoms with Crippen LogP contribution in [0.1, 0.15) is 19.3 Å². The minimum atomic E-state index is -0.0862. The molecule has 1 aliphatic rings. The maximum atomic E-state index is 12.6. The highest BCUT2D eigenvalue weighted by molar-refractivity contribution is 7.99. The summed E-state index contributed by atoms with van der Waals surface area (Å²) in [6.07, 6.45) is 6.85. The molecule has 1 amide bonds. The number of hydrogen-bond donors (Lipinski definition) is 3. The van der Waals surface area contributed by atoms with Crippen LogP contribution in [0.25, 0.3) is 11.1 Å². The molecule has 0 aliphatic carbocycles. The normalized spacial score (nSPS) is 17.4. The van der Waals surface area contributed by atoms with Gasteiger partial charge in [-0.15, -0.1) is 11.8 Å². The van der Waals surface area contributed by atoms with Gasteiger partial charge in [0, 0.05) is 29.0 Å². The van der Waals surface area contributed by atoms with Crippen molar-refractivity contribution >= 4 is 23.4 Å². The molecule has 26 heavy (non-hydrogen) atoms. The van der Waals surface area contributed by atoms with Gasteiger partial charge in [0.05, 0.1) is 17.9 Å². The van der Waals surface area contributed by atoms with Crippen molar-refractivity contribution in [3.63, 3.8) is 0 Å². The second kappa shape index (κ2) is 9.21. The maximum absolute atomic E-state index is 12.6. The van der Waals surface area contributed by atoms with Gasteiger partial charge in [0.25, 0.3) is 0 Å². The fraction of sp³-hybridized carbons (Fsp3) is 0.474. The molecule has 0 radical (unpaired) electrons. The van der Waals surface area contributed by atoms with E-state index in [0.717, 1.165) is 59.8 Å². The Morgan fingerprint density at radius 1 is 1.35 bits per heavy atom. The lowest BCUT2D eigenvalue weighted by Gasteiger charge is -2.23. The third-order valence-corrected chi connectivity index (χ3v) is 5.53. The average Bonchev–Trinajstić information content (AvgIpc) is 3.18. The second-order valence-electron chi connectivity index (χ2n) is 6.84. The molecule has 140 valence electrons. The monoisotopic (exact) mass is 373 g/mol. The van der Waals surface area contributed by atoms with Gasteiger partial charge in [-0.2, -0.15) is 5.10 Å². The first kappa shape index (κ1) is 18.9. The summed E-state index contributed by atoms with van der Waals surface area (Å²) in [6.45, 7) is 1.90. The van der Waals surface area contributed by atoms with Crippen LogP contribution in [0.15, 0.2) is 35.5 Å². The number of H-pyrrole nitrogens is 1. The Morgan fingerprint density at radius 3 is 2.92 bits per heavy atom. The van der Waals surface area contributed by atoms with Crippen molar-refractivity contribution in [3.05, 3.63) is 30.6 Å². The van der Waals surface area contributed by atoms with Crippen molar-refractivity contribution in [2.45, 2.75) is 30.2 Å². The van der Waals surface area contributed by atoms with Crippen LogP contribution in [-0.2, 0) is 4.79 Å². The highest BCUT2D eigenvalue weighted by Gasteiger charge is 2.21. The van der Waals surface area contributed by atoms with Crippen molar-refractivity contribution in [2.24, 2.45) is 0 Å². The van der Waals surface area contributed by atoms with E-state index in [-0.39, 0.29) is 11.9 Å². The minimum Gasteiger partial charge on any atom is -0.324 e. The maximum Gasteiger partial charge on any atom is 0.241 e. The van der Waals surface area contributed by atoms with Crippen LogP contribution in [0, 0.1) is 0 Å². The zero-order valence-corrected chi connectivity index (χ0v) is 16.2. The summed E-state index contributed by atoms with van der Waals surface area (Å²) in [4.78, 5) is 15.9. The Bertz CT molecular complexity index is 711. The van der Waals surface area contributed by atoms with Crippen LogP contribution in [0.5, 0.6) is 0 Å². The van der Waals surface area contributed by atoms with Gasteiger partial charge in [0.1, 0.15) is 0 Å². The van der Waals surface area contributed by atoms with E-state index >= 15 is 0 Å². The van der Waals surface area contributed by atoms with Crippen LogP contribution in [0.2, 0.25) is 0 Å². The summed E-state index contributed by atoms with van der Waals surface area (Å²) in [5, 5.41) is 13.3. The minimum absolute atomic E-state index is 0.0650. The molecular formula is C19H27N5OS. The number of nitrogens with one attached hydrogen (secondary N) is 3. The summed E-state index contributed by atoms with van der Waals surface area (Å²) in [5.41, 5.74) is 3.03. The number of carbonyl (C=O) groups is 1. The molecule has 7 heteroatoms. The molecule has 3 rings (SSSR count). The first-order chi connectivity index (χ1) is 12.6. The number of benzene rings is 1. The lowest BCUT2D eigenvalue weighted by molar-refractivity contribution is -0.118. The summed E-state index contributed by atoms with van der Waals surface area (Å²) in [6, 6.07) is 6.08. The number of rotatable bonds is 7. The number of aromatic amines is 1. The number of amides is 1. The van der Waals surface area contributed by atoms with Crippen LogP contribution in [0.3, 0.4) is 0 Å². The quantitative estimate of drug-likeness (QED) is 0.651. The predicted octanol–water partition coefficient (Wildman–Crippen LogP) is 2.81. The first-order valence-corrected chi connectivity index (χ1v) is 10.1. The van der Waals surface area contributed by atoms with Gasteiger partial charge in [-0.05, 0) is 51.2 Å². The van der Waals surface area contributed by atoms with Crippen molar-refractivity contribution in [1.82, 2.24) is 20.4 Å². The van der Waals surface area contributed by atoms with Gasteiger partial charge in [0.2, 0.25) is 5.91 Å². The Morgan fingerprint density at radius 2 is 2.23 bits per heavy atom. The Hall–Kier alpha value is -1.83. The van der Waals surface area contributed by atoms with Gasteiger partial charge in [-0.1, -0.05) is 12.5 Å². The van der Waals surface area contributed by atoms with Crippen LogP contribution in [0.4, 0.5) is 5.69 Å². The molecule has 0 saturated carbocycles. The molecule has 1 aromatic carbocycles. The molecule has 1 aliphatic heterocycles. The van der Waals surface area contributed by atoms with Crippen LogP contribution < -0.4 is 10.6 Å². The van der Waals surface area contributed by atoms with E-state index in [9.17, 15) is 4.79 Å². The second-order valence-corrected chi connectivity index (χ2v) is 7.98. The van der Waals surface area contributed by atoms with Crippen molar-refractivity contribution in [2.75, 3.05) is 38.3 Å². The van der Waals surface area contributed by atoms with E-state index < -0.39 is 0 Å². The summed E-state index contributed by atoms with van der Waals surface area (Å²) in [7, 11) is 4.14. The van der Waals surface area contributed by atoms with Gasteiger partial charge in [0.15, 0.2) is 0 Å². The first-order valence-electron chi connectivity index (χ1n) is 9.08. The molecule has 0 unspecified atom stereocenters. The zero-order valence-electron chi connectivity index (χ0n) is 15.4. The van der Waals surface area contributed by atoms with Gasteiger partial charge in [-0.25, -0.2) is 0 Å². The van der Waals surface area contributed by atoms with E-state index in [2.05, 4.69) is 45.9 Å². The highest BCUT2D eigenvalue weighted by atomic mass is 32.2. The van der Waals surface area contributed by atoms with E-state index in [4.69, 9.17) is 0 Å². The topological polar surface area (TPSA) is 73.0 Å². The van der Waals surface area contributed by atoms with Crippen molar-refractivity contribution in [3.8, 4) is 11.1 Å². The summed E-state index contributed by atoms with van der Waals surface area (Å²) in [5.74, 6) is 1.03. The smallest absolute Gasteiger partial charge is 0.241 e. The van der Waals surface area contributed by atoms with Gasteiger partial charge >= 0.3 is 0 Å². The third kappa shape index (κ3) is 5.09. The Kier molecular flexibility index (Phi) is 6.71. The number of anilines is 1. The number of hydrogen-bond acceptors (Lipinski definition) is 5. The average molecular weight is 374 g/mol. The largest absolute Gasteiger partial charge is 0.324 e. The van der Waals surface area contributed by atoms with Crippen molar-refractivity contribution in [1.29, 1.82) is 0 Å². The fourth-order valence-electron chi connectivity index (χ4n) is 2.97. The Labute approximate surface area is 159 Å². The number of thioether (sulfide) groups is 1. The Balaban J connectivity index is 1.76. The fourth-order valence-corrected chi connectivity index (χ4v) is 4.13. The molecule has 1 fully saturated rings. The lowest BCUT2D eigenvalue weighted by Crippen LogP contribution is -2.43. The van der Waals surface area contributed by atoms with Crippen molar-refractivity contribution < 1.29 is 4.79 Å². The van der Waals surface area contributed by atoms with E-state index in [1.807, 2.05) is 24.5 Å². The third-order valence-electron chi connectivity index (χ3n) is 4.49. The zero-order chi connectivity index (χ0) is 18.4. The number of nitrogens with zero attached hydrogens (tertiary/aromatic N) is 2. The number of carbonyl (C=O) groups excluding carboxylic acids is 1. The molecule has 1 atom stereocenters. The summed E-state index contributed by atoms with van der Waals surface area (Å²) < 4.78 is 0. The molecule has 1 saturated heterocycles. The van der Waals surface area contributed by atoms with Crippen LogP contribution in [-0.4, -0.2) is 60.0 Å². The summed E-state index contributed by atoms with van der Waals surface area (Å²) >= 11 is 1.77. The number of piperidine rings is 1. The van der Waals surface area contributed by atoms with E-state index in [0.29, 0.717) is 0 Å². The van der Waals surface area contributed by atoms with Gasteiger partial charge in [-0.3, -0.25) is 9.89 Å². The molecule has 6 nitrogen and oxygen atoms in total. The molecule has 2 heterocycles. The SMILES string of the molecule is CN(C)CCSc1cc(-c2cn[nH]c2)ccc1NC(=O)[C@H]1CCCCN1. The molecule has 0 bridgehead atoms. The standard InChI is InChI=1S/C19H27N5OS/c1-24(2)9-10-26-18-11-14(15-12-21-22-13-15)6-7-16(18)23-19(25)17-5-3-4-8-20-17/h6-7,11-13,17,20H,3-5,8-10H2,1-2H3,(H,21,22)(H,23,25)/t17-/m1/s1. The molecular weight excluding hydrogens is 346 g/mol. The molecule has 3 N–H and O–H groups in total.